The van der Waals surface area contributed by atoms with Gasteiger partial charge in [-0.3, -0.25) is 33.6 Å². The number of carbonyl (C=O) groups is 8. The molecule has 1 heterocycles. The number of carbonyl (C=O) groups excluding carboxylic acids is 8. The first-order valence-electron chi connectivity index (χ1n) is 22.1. The van der Waals surface area contributed by atoms with Crippen LogP contribution in [0.1, 0.15) is 78.6 Å². The van der Waals surface area contributed by atoms with Gasteiger partial charge < -0.3 is 40.3 Å². The second-order valence-electron chi connectivity index (χ2n) is 16.3. The highest BCUT2D eigenvalue weighted by Gasteiger charge is 2.39. The normalized spacial score (nSPS) is 15.7. The van der Waals surface area contributed by atoms with Crippen molar-refractivity contribution in [2.45, 2.75) is 115 Å². The van der Waals surface area contributed by atoms with Crippen molar-refractivity contribution in [3.8, 4) is 0 Å². The molecular formula is C50H73N7O8. The maximum Gasteiger partial charge on any atom is 0.246 e. The van der Waals surface area contributed by atoms with Gasteiger partial charge >= 0.3 is 0 Å². The number of aldehydes is 1. The molecular weight excluding hydrogens is 827 g/mol. The minimum absolute atomic E-state index is 0.0488. The van der Waals surface area contributed by atoms with Gasteiger partial charge in [0.1, 0.15) is 36.5 Å². The molecule has 1 rings (SSSR count). The van der Waals surface area contributed by atoms with Gasteiger partial charge in [-0.1, -0.05) is 119 Å². The SMILES string of the molecule is C=C/C=C\C=C\C[C@@H](C(=O)N(C)[C@H](C(=O)NC(CC(=O)NC(C)C(=O)N(C)[C@H](C=O)C/C(C=C)=C/C=C)C(=O)N1CCCCC1)C(C)C)N(C)C(=O)[C@H](CCCC(=C)/C=C\C=C)NC=O. The monoisotopic (exact) mass is 900 g/mol. The van der Waals surface area contributed by atoms with Crippen molar-refractivity contribution in [3.05, 3.63) is 111 Å². The zero-order valence-corrected chi connectivity index (χ0v) is 39.4. The van der Waals surface area contributed by atoms with E-state index in [9.17, 15) is 38.4 Å². The first kappa shape index (κ1) is 56.6. The van der Waals surface area contributed by atoms with Gasteiger partial charge in [0.25, 0.3) is 0 Å². The molecule has 0 bridgehead atoms. The molecule has 356 valence electrons. The molecule has 0 aromatic rings. The number of amides is 7. The van der Waals surface area contributed by atoms with E-state index in [0.29, 0.717) is 44.2 Å². The Morgan fingerprint density at radius 1 is 0.738 bits per heavy atom. The highest BCUT2D eigenvalue weighted by Crippen LogP contribution is 2.19. The van der Waals surface area contributed by atoms with Gasteiger partial charge in [-0.15, -0.1) is 0 Å². The maximum absolute atomic E-state index is 14.6. The Morgan fingerprint density at radius 2 is 1.40 bits per heavy atom. The van der Waals surface area contributed by atoms with Crippen LogP contribution in [0.2, 0.25) is 0 Å². The number of nitrogens with one attached hydrogen (secondary N) is 3. The van der Waals surface area contributed by atoms with Crippen LogP contribution >= 0.6 is 0 Å². The van der Waals surface area contributed by atoms with Crippen molar-refractivity contribution in [1.82, 2.24) is 35.6 Å². The molecule has 6 atom stereocenters. The van der Waals surface area contributed by atoms with Gasteiger partial charge in [0.2, 0.25) is 41.9 Å². The molecule has 0 aromatic heterocycles. The lowest BCUT2D eigenvalue weighted by molar-refractivity contribution is -0.150. The largest absolute Gasteiger partial charge is 0.347 e. The van der Waals surface area contributed by atoms with Crippen molar-refractivity contribution >= 4 is 48.1 Å². The average Bonchev–Trinajstić information content (AvgIpc) is 3.28. The number of allylic oxidation sites excluding steroid dienone is 11. The number of hydrogen-bond acceptors (Lipinski definition) is 8. The molecule has 3 N–H and O–H groups in total. The highest BCUT2D eigenvalue weighted by atomic mass is 16.2. The first-order chi connectivity index (χ1) is 30.9. The third-order valence-electron chi connectivity index (χ3n) is 11.1. The van der Waals surface area contributed by atoms with Crippen LogP contribution in [-0.2, 0) is 38.4 Å². The van der Waals surface area contributed by atoms with E-state index in [1.54, 1.807) is 79.5 Å². The Morgan fingerprint density at radius 3 is 1.97 bits per heavy atom. The van der Waals surface area contributed by atoms with E-state index in [0.717, 1.165) is 24.8 Å². The maximum atomic E-state index is 14.6. The number of likely N-dealkylation sites (N-methyl/N-ethyl adjacent to an activating group) is 3. The predicted molar refractivity (Wildman–Crippen MR) is 257 cm³/mol. The highest BCUT2D eigenvalue weighted by molar-refractivity contribution is 5.97. The molecule has 1 saturated heterocycles. The van der Waals surface area contributed by atoms with E-state index < -0.39 is 84.0 Å². The topological polar surface area (TPSA) is 186 Å². The van der Waals surface area contributed by atoms with Crippen LogP contribution in [0, 0.1) is 5.92 Å². The first-order valence-corrected chi connectivity index (χ1v) is 22.1. The number of piperidine rings is 1. The second-order valence-corrected chi connectivity index (χ2v) is 16.3. The molecule has 1 aliphatic rings. The van der Waals surface area contributed by atoms with Crippen LogP contribution in [0.4, 0.5) is 0 Å². The average molecular weight is 900 g/mol. The van der Waals surface area contributed by atoms with Gasteiger partial charge in [0.05, 0.1) is 12.5 Å². The Bertz CT molecular complexity index is 1830. The van der Waals surface area contributed by atoms with E-state index in [4.69, 9.17) is 0 Å². The summed E-state index contributed by atoms with van der Waals surface area (Å²) in [6.45, 7) is 24.5. The lowest BCUT2D eigenvalue weighted by atomic mass is 9.98. The number of likely N-dealkylation sites (tertiary alicyclic amines) is 1. The zero-order valence-electron chi connectivity index (χ0n) is 39.4. The van der Waals surface area contributed by atoms with Crippen molar-refractivity contribution in [1.29, 1.82) is 0 Å². The number of hydrogen-bond donors (Lipinski definition) is 3. The molecule has 0 aromatic carbocycles. The molecule has 1 aliphatic heterocycles. The minimum atomic E-state index is -1.36. The number of nitrogens with zero attached hydrogens (tertiary/aromatic N) is 4. The van der Waals surface area contributed by atoms with E-state index in [2.05, 4.69) is 48.8 Å². The minimum Gasteiger partial charge on any atom is -0.347 e. The molecule has 7 amide bonds. The van der Waals surface area contributed by atoms with Crippen LogP contribution in [0.3, 0.4) is 0 Å². The molecule has 15 nitrogen and oxygen atoms in total. The summed E-state index contributed by atoms with van der Waals surface area (Å²) >= 11 is 0. The molecule has 1 fully saturated rings. The zero-order chi connectivity index (χ0) is 49.1. The molecule has 0 radical (unpaired) electrons. The molecule has 0 aliphatic carbocycles. The van der Waals surface area contributed by atoms with Gasteiger partial charge in [0, 0.05) is 34.2 Å². The van der Waals surface area contributed by atoms with Gasteiger partial charge in [-0.25, -0.2) is 0 Å². The lowest BCUT2D eigenvalue weighted by Crippen LogP contribution is -2.60. The van der Waals surface area contributed by atoms with Crippen LogP contribution in [0.15, 0.2) is 111 Å². The molecule has 65 heavy (non-hydrogen) atoms. The van der Waals surface area contributed by atoms with Crippen molar-refractivity contribution in [2.24, 2.45) is 5.92 Å². The van der Waals surface area contributed by atoms with Crippen LogP contribution < -0.4 is 16.0 Å². The van der Waals surface area contributed by atoms with Gasteiger partial charge in [0.15, 0.2) is 0 Å². The quantitative estimate of drug-likeness (QED) is 0.0686. The summed E-state index contributed by atoms with van der Waals surface area (Å²) in [5.74, 6) is -4.04. The fourth-order valence-electron chi connectivity index (χ4n) is 7.43. The fourth-order valence-corrected chi connectivity index (χ4v) is 7.43. The van der Waals surface area contributed by atoms with E-state index in [1.165, 1.54) is 42.8 Å². The van der Waals surface area contributed by atoms with Crippen LogP contribution in [0.5, 0.6) is 0 Å². The van der Waals surface area contributed by atoms with E-state index >= 15 is 0 Å². The van der Waals surface area contributed by atoms with E-state index in [-0.39, 0.29) is 19.3 Å². The van der Waals surface area contributed by atoms with Crippen molar-refractivity contribution < 1.29 is 38.4 Å². The van der Waals surface area contributed by atoms with E-state index in [1.807, 2.05) is 6.08 Å². The fraction of sp³-hybridized carbons (Fsp3) is 0.480. The summed E-state index contributed by atoms with van der Waals surface area (Å²) in [4.78, 5) is 113. The second kappa shape index (κ2) is 30.7. The smallest absolute Gasteiger partial charge is 0.246 e. The van der Waals surface area contributed by atoms with Crippen molar-refractivity contribution in [3.63, 3.8) is 0 Å². The Kier molecular flexibility index (Phi) is 26.7. The number of rotatable bonds is 30. The van der Waals surface area contributed by atoms with Gasteiger partial charge in [-0.2, -0.15) is 0 Å². The summed E-state index contributed by atoms with van der Waals surface area (Å²) in [5.41, 5.74) is 1.50. The molecule has 15 heteroatoms. The third-order valence-corrected chi connectivity index (χ3v) is 11.1. The Balaban J connectivity index is 3.47. The molecule has 0 spiro atoms. The Hall–Kier alpha value is -6.38. The summed E-state index contributed by atoms with van der Waals surface area (Å²) < 4.78 is 0. The van der Waals surface area contributed by atoms with Crippen LogP contribution in [-0.4, -0.2) is 138 Å². The summed E-state index contributed by atoms with van der Waals surface area (Å²) in [5, 5.41) is 7.98. The molecule has 2 unspecified atom stereocenters. The van der Waals surface area contributed by atoms with Gasteiger partial charge in [-0.05, 0) is 69.8 Å². The summed E-state index contributed by atoms with van der Waals surface area (Å²) in [6.07, 6.45) is 22.9. The Labute approximate surface area is 386 Å². The summed E-state index contributed by atoms with van der Waals surface area (Å²) in [7, 11) is 4.36. The lowest BCUT2D eigenvalue weighted by Gasteiger charge is -2.37. The molecule has 0 saturated carbocycles. The predicted octanol–water partition coefficient (Wildman–Crippen LogP) is 4.67. The standard InChI is InChI=1S/C50H73N7O8/c1-12-16-18-19-21-29-43(55(10)48(63)41(51-35-59)28-24-27-37(7)26-17-13-2)50(65)56(11)45(36(5)6)46(61)53-42(49(64)57-30-22-20-23-31-57)33-44(60)52-38(8)47(62)54(9)40(34-58)32-39(15-4)25-14-3/h12-19,21,25-26,34-36,38,40-43,45H,1-4,7,20,22-24,27-33H2,5-6,8-11H3,(H,51,59)(H,52,60)(H,53,61)/b18-16-,21-19+,26-17-,39-25+/t38?,40-,41-,42?,43-,45-/m0/s1. The van der Waals surface area contributed by atoms with Crippen molar-refractivity contribution in [2.75, 3.05) is 34.2 Å². The third kappa shape index (κ3) is 19.1. The van der Waals surface area contributed by atoms with Crippen LogP contribution in [0.25, 0.3) is 0 Å². The summed E-state index contributed by atoms with van der Waals surface area (Å²) in [6, 6.07) is -6.55.